The second-order valence-electron chi connectivity index (χ2n) is 4.77. The predicted octanol–water partition coefficient (Wildman–Crippen LogP) is 2.71. The van der Waals surface area contributed by atoms with Crippen LogP contribution in [0.15, 0.2) is 18.2 Å². The molecule has 0 saturated carbocycles. The van der Waals surface area contributed by atoms with Crippen molar-refractivity contribution >= 4 is 11.6 Å². The van der Waals surface area contributed by atoms with Crippen molar-refractivity contribution in [2.24, 2.45) is 0 Å². The number of likely N-dealkylation sites (N-methyl/N-ethyl adjacent to an activating group) is 1. The summed E-state index contributed by atoms with van der Waals surface area (Å²) in [6.07, 6.45) is 0. The van der Waals surface area contributed by atoms with Gasteiger partial charge in [-0.25, -0.2) is 4.39 Å². The third-order valence-corrected chi connectivity index (χ3v) is 3.11. The lowest BCUT2D eigenvalue weighted by Crippen LogP contribution is -2.25. The summed E-state index contributed by atoms with van der Waals surface area (Å²) in [5, 5.41) is 3.47. The normalized spacial score (nSPS) is 12.9. The van der Waals surface area contributed by atoms with E-state index in [-0.39, 0.29) is 16.9 Å². The van der Waals surface area contributed by atoms with Crippen molar-refractivity contribution in [3.63, 3.8) is 0 Å². The molecule has 1 N–H and O–H groups in total. The summed E-state index contributed by atoms with van der Waals surface area (Å²) in [6.45, 7) is 5.08. The van der Waals surface area contributed by atoms with Crippen LogP contribution in [-0.2, 0) is 4.74 Å². The highest BCUT2D eigenvalue weighted by atomic mass is 35.5. The lowest BCUT2D eigenvalue weighted by atomic mass is 10.1. The van der Waals surface area contributed by atoms with Crippen LogP contribution >= 0.6 is 11.6 Å². The van der Waals surface area contributed by atoms with Gasteiger partial charge in [0.15, 0.2) is 0 Å². The SMILES string of the molecule is CC(NCCOCCN(C)C)c1ccc(F)c(Cl)c1. The second-order valence-corrected chi connectivity index (χ2v) is 5.17. The van der Waals surface area contributed by atoms with Crippen molar-refractivity contribution in [1.29, 1.82) is 0 Å². The molecule has 1 aromatic carbocycles. The van der Waals surface area contributed by atoms with Crippen LogP contribution < -0.4 is 5.32 Å². The minimum atomic E-state index is -0.385. The number of hydrogen-bond donors (Lipinski definition) is 1. The van der Waals surface area contributed by atoms with Gasteiger partial charge in [0.05, 0.1) is 18.2 Å². The van der Waals surface area contributed by atoms with E-state index in [4.69, 9.17) is 16.3 Å². The Kier molecular flexibility index (Phi) is 7.31. The van der Waals surface area contributed by atoms with E-state index in [1.807, 2.05) is 21.0 Å². The molecule has 1 rings (SSSR count). The van der Waals surface area contributed by atoms with Gasteiger partial charge in [-0.3, -0.25) is 0 Å². The van der Waals surface area contributed by atoms with Crippen LogP contribution in [-0.4, -0.2) is 45.3 Å². The highest BCUT2D eigenvalue weighted by molar-refractivity contribution is 6.30. The summed E-state index contributed by atoms with van der Waals surface area (Å²) in [7, 11) is 4.03. The average molecular weight is 289 g/mol. The molecule has 1 aromatic rings. The zero-order valence-electron chi connectivity index (χ0n) is 11.7. The van der Waals surface area contributed by atoms with Gasteiger partial charge in [0.1, 0.15) is 5.82 Å². The lowest BCUT2D eigenvalue weighted by molar-refractivity contribution is 0.118. The Hall–Kier alpha value is -0.680. The Morgan fingerprint density at radius 3 is 2.74 bits per heavy atom. The van der Waals surface area contributed by atoms with E-state index in [2.05, 4.69) is 10.2 Å². The molecule has 0 amide bonds. The van der Waals surface area contributed by atoms with E-state index in [1.165, 1.54) is 6.07 Å². The maximum atomic E-state index is 13.0. The number of nitrogens with zero attached hydrogens (tertiary/aromatic N) is 1. The van der Waals surface area contributed by atoms with Crippen LogP contribution in [0.3, 0.4) is 0 Å². The van der Waals surface area contributed by atoms with Gasteiger partial charge in [-0.2, -0.15) is 0 Å². The van der Waals surface area contributed by atoms with Crippen LogP contribution in [0.4, 0.5) is 4.39 Å². The molecule has 0 aromatic heterocycles. The van der Waals surface area contributed by atoms with Gasteiger partial charge >= 0.3 is 0 Å². The van der Waals surface area contributed by atoms with E-state index in [1.54, 1.807) is 12.1 Å². The topological polar surface area (TPSA) is 24.5 Å². The first-order valence-corrected chi connectivity index (χ1v) is 6.79. The fourth-order valence-electron chi connectivity index (χ4n) is 1.60. The molecule has 0 heterocycles. The molecular formula is C14H22ClFN2O. The molecule has 5 heteroatoms. The summed E-state index contributed by atoms with van der Waals surface area (Å²) in [6, 6.07) is 4.91. The van der Waals surface area contributed by atoms with E-state index in [9.17, 15) is 4.39 Å². The largest absolute Gasteiger partial charge is 0.379 e. The first-order valence-electron chi connectivity index (χ1n) is 6.41. The van der Waals surface area contributed by atoms with Gasteiger partial charge in [-0.05, 0) is 38.7 Å². The molecule has 0 radical (unpaired) electrons. The molecule has 1 unspecified atom stereocenters. The van der Waals surface area contributed by atoms with Gasteiger partial charge in [0.2, 0.25) is 0 Å². The summed E-state index contributed by atoms with van der Waals surface area (Å²) in [5.74, 6) is -0.385. The minimum Gasteiger partial charge on any atom is -0.379 e. The predicted molar refractivity (Wildman–Crippen MR) is 77.2 cm³/mol. The molecule has 0 saturated heterocycles. The first kappa shape index (κ1) is 16.4. The molecule has 0 fully saturated rings. The van der Waals surface area contributed by atoms with Gasteiger partial charge in [0, 0.05) is 19.1 Å². The summed E-state index contributed by atoms with van der Waals surface area (Å²) >= 11 is 5.76. The molecule has 0 aliphatic rings. The zero-order chi connectivity index (χ0) is 14.3. The summed E-state index contributed by atoms with van der Waals surface area (Å²) in [5.41, 5.74) is 0.972. The zero-order valence-corrected chi connectivity index (χ0v) is 12.5. The maximum absolute atomic E-state index is 13.0. The van der Waals surface area contributed by atoms with Crippen LogP contribution in [0.25, 0.3) is 0 Å². The molecule has 0 spiro atoms. The molecule has 108 valence electrons. The van der Waals surface area contributed by atoms with Crippen LogP contribution in [0.1, 0.15) is 18.5 Å². The second kappa shape index (κ2) is 8.48. The number of halogens is 2. The molecule has 1 atom stereocenters. The summed E-state index contributed by atoms with van der Waals surface area (Å²) in [4.78, 5) is 2.08. The van der Waals surface area contributed by atoms with Crippen molar-refractivity contribution < 1.29 is 9.13 Å². The number of rotatable bonds is 8. The van der Waals surface area contributed by atoms with Crippen molar-refractivity contribution in [3.8, 4) is 0 Å². The van der Waals surface area contributed by atoms with Crippen LogP contribution in [0.5, 0.6) is 0 Å². The van der Waals surface area contributed by atoms with E-state index < -0.39 is 0 Å². The van der Waals surface area contributed by atoms with Crippen molar-refractivity contribution in [2.75, 3.05) is 40.4 Å². The number of ether oxygens (including phenoxy) is 1. The highest BCUT2D eigenvalue weighted by Crippen LogP contribution is 2.20. The Morgan fingerprint density at radius 1 is 1.37 bits per heavy atom. The molecular weight excluding hydrogens is 267 g/mol. The van der Waals surface area contributed by atoms with Crippen molar-refractivity contribution in [3.05, 3.63) is 34.6 Å². The fraction of sp³-hybridized carbons (Fsp3) is 0.571. The maximum Gasteiger partial charge on any atom is 0.141 e. The Morgan fingerprint density at radius 2 is 2.11 bits per heavy atom. The van der Waals surface area contributed by atoms with Gasteiger partial charge < -0.3 is 15.0 Å². The molecule has 19 heavy (non-hydrogen) atoms. The van der Waals surface area contributed by atoms with E-state index >= 15 is 0 Å². The molecule has 0 aliphatic heterocycles. The first-order chi connectivity index (χ1) is 9.00. The number of nitrogens with one attached hydrogen (secondary N) is 1. The Balaban J connectivity index is 2.23. The van der Waals surface area contributed by atoms with Gasteiger partial charge in [-0.1, -0.05) is 17.7 Å². The standard InChI is InChI=1S/C14H22ClFN2O/c1-11(12-4-5-14(16)13(15)10-12)17-6-8-19-9-7-18(2)3/h4-5,10-11,17H,6-9H2,1-3H3. The smallest absolute Gasteiger partial charge is 0.141 e. The van der Waals surface area contributed by atoms with Crippen LogP contribution in [0.2, 0.25) is 5.02 Å². The fourth-order valence-corrected chi connectivity index (χ4v) is 1.79. The number of benzene rings is 1. The third-order valence-electron chi connectivity index (χ3n) is 2.82. The third kappa shape index (κ3) is 6.34. The summed E-state index contributed by atoms with van der Waals surface area (Å²) < 4.78 is 18.5. The molecule has 0 bridgehead atoms. The monoisotopic (exact) mass is 288 g/mol. The lowest BCUT2D eigenvalue weighted by Gasteiger charge is -2.15. The quantitative estimate of drug-likeness (QED) is 0.745. The van der Waals surface area contributed by atoms with Gasteiger partial charge in [0.25, 0.3) is 0 Å². The van der Waals surface area contributed by atoms with E-state index in [0.717, 1.165) is 25.3 Å². The van der Waals surface area contributed by atoms with Gasteiger partial charge in [-0.15, -0.1) is 0 Å². The Labute approximate surface area is 119 Å². The van der Waals surface area contributed by atoms with Crippen molar-refractivity contribution in [2.45, 2.75) is 13.0 Å². The van der Waals surface area contributed by atoms with Crippen molar-refractivity contribution in [1.82, 2.24) is 10.2 Å². The molecule has 0 aliphatic carbocycles. The van der Waals surface area contributed by atoms with E-state index in [0.29, 0.717) is 6.61 Å². The minimum absolute atomic E-state index is 0.121. The Bertz CT molecular complexity index is 388. The highest BCUT2D eigenvalue weighted by Gasteiger charge is 2.07. The molecule has 3 nitrogen and oxygen atoms in total. The average Bonchev–Trinajstić information content (AvgIpc) is 2.36. The number of hydrogen-bond acceptors (Lipinski definition) is 3. The van der Waals surface area contributed by atoms with Crippen LogP contribution in [0, 0.1) is 5.82 Å².